The quantitative estimate of drug-likeness (QED) is 0.760. The van der Waals surface area contributed by atoms with Gasteiger partial charge in [0.2, 0.25) is 11.8 Å². The number of nitrogens with zero attached hydrogens (tertiary/aromatic N) is 1. The number of amidine groups is 1. The van der Waals surface area contributed by atoms with Gasteiger partial charge < -0.3 is 10.6 Å². The Bertz CT molecular complexity index is 989. The third-order valence-corrected chi connectivity index (χ3v) is 5.42. The molecule has 152 valence electrons. The third-order valence-electron chi connectivity index (χ3n) is 4.34. The minimum Gasteiger partial charge on any atom is -0.326 e. The number of carbonyl (C=O) groups excluding carboxylic acids is 2. The van der Waals surface area contributed by atoms with Crippen molar-refractivity contribution in [3.05, 3.63) is 59.2 Å². The van der Waals surface area contributed by atoms with Crippen molar-refractivity contribution in [1.82, 2.24) is 5.32 Å². The summed E-state index contributed by atoms with van der Waals surface area (Å²) in [6.45, 7) is 3.94. The van der Waals surface area contributed by atoms with Gasteiger partial charge in [-0.05, 0) is 55.3 Å². The van der Waals surface area contributed by atoms with E-state index in [-0.39, 0.29) is 18.0 Å². The maximum absolute atomic E-state index is 12.8. The topological polar surface area (TPSA) is 70.6 Å². The first-order valence-electron chi connectivity index (χ1n) is 8.72. The molecule has 1 heterocycles. The zero-order chi connectivity index (χ0) is 21.2. The fourth-order valence-corrected chi connectivity index (χ4v) is 3.65. The van der Waals surface area contributed by atoms with Crippen LogP contribution in [-0.4, -0.2) is 22.2 Å². The minimum absolute atomic E-state index is 0.0252. The Morgan fingerprint density at radius 3 is 2.62 bits per heavy atom. The molecule has 2 amide bonds. The summed E-state index contributed by atoms with van der Waals surface area (Å²) in [6, 6.07) is 10.00. The number of benzene rings is 2. The number of rotatable bonds is 4. The fraction of sp³-hybridized carbons (Fsp3) is 0.250. The van der Waals surface area contributed by atoms with Crippen LogP contribution in [0.25, 0.3) is 0 Å². The van der Waals surface area contributed by atoms with E-state index in [0.29, 0.717) is 10.9 Å². The summed E-state index contributed by atoms with van der Waals surface area (Å²) in [6.07, 6.45) is -4.68. The molecule has 0 bridgehead atoms. The van der Waals surface area contributed by atoms with E-state index >= 15 is 0 Å². The van der Waals surface area contributed by atoms with E-state index in [2.05, 4.69) is 15.6 Å². The van der Waals surface area contributed by atoms with Crippen molar-refractivity contribution < 1.29 is 22.8 Å². The maximum atomic E-state index is 12.8. The van der Waals surface area contributed by atoms with Gasteiger partial charge in [0.1, 0.15) is 5.25 Å². The van der Waals surface area contributed by atoms with Crippen LogP contribution in [0.1, 0.15) is 23.1 Å². The molecule has 3 rings (SSSR count). The molecular formula is C20H18F3N3O2S. The van der Waals surface area contributed by atoms with Gasteiger partial charge in [-0.15, -0.1) is 0 Å². The van der Waals surface area contributed by atoms with E-state index in [1.165, 1.54) is 12.1 Å². The summed E-state index contributed by atoms with van der Waals surface area (Å²) in [4.78, 5) is 28.7. The number of aryl methyl sites for hydroxylation is 2. The predicted octanol–water partition coefficient (Wildman–Crippen LogP) is 4.57. The highest BCUT2D eigenvalue weighted by atomic mass is 32.2. The first kappa shape index (κ1) is 20.9. The number of amides is 2. The van der Waals surface area contributed by atoms with E-state index in [9.17, 15) is 22.8 Å². The molecule has 29 heavy (non-hydrogen) atoms. The SMILES string of the molecule is Cc1ccc(N=C2NC(=O)[C@H](CC(=O)Nc3cccc(C(F)(F)F)c3)S2)cc1C. The van der Waals surface area contributed by atoms with E-state index in [1.54, 1.807) is 0 Å². The molecule has 1 aliphatic rings. The molecule has 2 aromatic rings. The summed E-state index contributed by atoms with van der Waals surface area (Å²) in [7, 11) is 0. The summed E-state index contributed by atoms with van der Waals surface area (Å²) < 4.78 is 38.3. The van der Waals surface area contributed by atoms with Crippen molar-refractivity contribution >= 4 is 40.1 Å². The number of halogens is 3. The first-order valence-corrected chi connectivity index (χ1v) is 9.60. The van der Waals surface area contributed by atoms with Crippen LogP contribution in [0.4, 0.5) is 24.5 Å². The molecule has 0 radical (unpaired) electrons. The molecule has 1 atom stereocenters. The molecule has 9 heteroatoms. The second kappa shape index (κ2) is 8.28. The molecule has 0 aromatic heterocycles. The summed E-state index contributed by atoms with van der Waals surface area (Å²) in [5.74, 6) is -0.916. The van der Waals surface area contributed by atoms with Crippen LogP contribution in [0.3, 0.4) is 0 Å². The molecule has 1 aliphatic heterocycles. The van der Waals surface area contributed by atoms with Crippen molar-refractivity contribution in [2.24, 2.45) is 4.99 Å². The van der Waals surface area contributed by atoms with Crippen molar-refractivity contribution in [2.45, 2.75) is 31.7 Å². The van der Waals surface area contributed by atoms with Gasteiger partial charge in [-0.3, -0.25) is 9.59 Å². The van der Waals surface area contributed by atoms with Gasteiger partial charge in [0, 0.05) is 12.1 Å². The van der Waals surface area contributed by atoms with Gasteiger partial charge in [0.25, 0.3) is 0 Å². The van der Waals surface area contributed by atoms with Gasteiger partial charge in [-0.2, -0.15) is 13.2 Å². The minimum atomic E-state index is -4.50. The predicted molar refractivity (Wildman–Crippen MR) is 107 cm³/mol. The summed E-state index contributed by atoms with van der Waals surface area (Å²) in [5.41, 5.74) is 2.05. The lowest BCUT2D eigenvalue weighted by molar-refractivity contribution is -0.137. The van der Waals surface area contributed by atoms with Gasteiger partial charge in [-0.25, -0.2) is 4.99 Å². The second-order valence-electron chi connectivity index (χ2n) is 6.61. The summed E-state index contributed by atoms with van der Waals surface area (Å²) in [5, 5.41) is 4.72. The normalized spacial score (nSPS) is 18.0. The van der Waals surface area contributed by atoms with E-state index in [0.717, 1.165) is 35.0 Å². The van der Waals surface area contributed by atoms with E-state index in [1.807, 2.05) is 32.0 Å². The highest BCUT2D eigenvalue weighted by molar-refractivity contribution is 8.15. The molecule has 0 aliphatic carbocycles. The lowest BCUT2D eigenvalue weighted by atomic mass is 10.1. The molecular weight excluding hydrogens is 403 g/mol. The van der Waals surface area contributed by atoms with Gasteiger partial charge in [0.05, 0.1) is 11.3 Å². The summed E-state index contributed by atoms with van der Waals surface area (Å²) >= 11 is 1.12. The van der Waals surface area contributed by atoms with Gasteiger partial charge in [0.15, 0.2) is 5.17 Å². The van der Waals surface area contributed by atoms with E-state index < -0.39 is 22.9 Å². The molecule has 0 unspecified atom stereocenters. The van der Waals surface area contributed by atoms with Crippen molar-refractivity contribution in [3.63, 3.8) is 0 Å². The number of thioether (sulfide) groups is 1. The molecule has 5 nitrogen and oxygen atoms in total. The number of nitrogens with one attached hydrogen (secondary N) is 2. The lowest BCUT2D eigenvalue weighted by Gasteiger charge is -2.10. The van der Waals surface area contributed by atoms with Crippen LogP contribution in [-0.2, 0) is 15.8 Å². The Kier molecular flexibility index (Phi) is 5.97. The Morgan fingerprint density at radius 2 is 1.93 bits per heavy atom. The average molecular weight is 421 g/mol. The highest BCUT2D eigenvalue weighted by Crippen LogP contribution is 2.31. The Balaban J connectivity index is 1.63. The maximum Gasteiger partial charge on any atom is 0.416 e. The zero-order valence-electron chi connectivity index (χ0n) is 15.6. The third kappa shape index (κ3) is 5.38. The molecule has 1 saturated heterocycles. The first-order chi connectivity index (χ1) is 13.6. The monoisotopic (exact) mass is 421 g/mol. The van der Waals surface area contributed by atoms with E-state index in [4.69, 9.17) is 0 Å². The van der Waals surface area contributed by atoms with Crippen LogP contribution in [0, 0.1) is 13.8 Å². The standard InChI is InChI=1S/C20H18F3N3O2S/c1-11-6-7-15(8-12(11)2)25-19-26-18(28)16(29-19)10-17(27)24-14-5-3-4-13(9-14)20(21,22)23/h3-9,16H,10H2,1-2H3,(H,24,27)(H,25,26,28)/t16-/m0/s1. The lowest BCUT2D eigenvalue weighted by Crippen LogP contribution is -2.28. The van der Waals surface area contributed by atoms with Crippen molar-refractivity contribution in [2.75, 3.05) is 5.32 Å². The molecule has 2 N–H and O–H groups in total. The Labute approximate surface area is 169 Å². The van der Waals surface area contributed by atoms with Gasteiger partial charge in [-0.1, -0.05) is 23.9 Å². The average Bonchev–Trinajstić information content (AvgIpc) is 2.96. The second-order valence-corrected chi connectivity index (χ2v) is 7.80. The van der Waals surface area contributed by atoms with Crippen LogP contribution >= 0.6 is 11.8 Å². The molecule has 2 aromatic carbocycles. The van der Waals surface area contributed by atoms with Gasteiger partial charge >= 0.3 is 6.18 Å². The van der Waals surface area contributed by atoms with Crippen molar-refractivity contribution in [3.8, 4) is 0 Å². The number of anilines is 1. The van der Waals surface area contributed by atoms with Crippen molar-refractivity contribution in [1.29, 1.82) is 0 Å². The largest absolute Gasteiger partial charge is 0.416 e. The van der Waals surface area contributed by atoms with Crippen LogP contribution < -0.4 is 10.6 Å². The fourth-order valence-electron chi connectivity index (χ4n) is 2.66. The zero-order valence-corrected chi connectivity index (χ0v) is 16.4. The Hall–Kier alpha value is -2.81. The van der Waals surface area contributed by atoms with Crippen LogP contribution in [0.15, 0.2) is 47.5 Å². The number of alkyl halides is 3. The number of hydrogen-bond donors (Lipinski definition) is 2. The molecule has 1 fully saturated rings. The number of hydrogen-bond acceptors (Lipinski definition) is 4. The molecule has 0 saturated carbocycles. The Morgan fingerprint density at radius 1 is 1.17 bits per heavy atom. The van der Waals surface area contributed by atoms with Crippen LogP contribution in [0.5, 0.6) is 0 Å². The van der Waals surface area contributed by atoms with Crippen LogP contribution in [0.2, 0.25) is 0 Å². The highest BCUT2D eigenvalue weighted by Gasteiger charge is 2.33. The number of carbonyl (C=O) groups is 2. The number of aliphatic imine (C=N–C) groups is 1. The smallest absolute Gasteiger partial charge is 0.326 e. The molecule has 0 spiro atoms.